The summed E-state index contributed by atoms with van der Waals surface area (Å²) in [6.45, 7) is 5.96. The largest absolute Gasteiger partial charge is 0.368 e. The maximum Gasteiger partial charge on any atom is 0.222 e. The number of rotatable bonds is 2. The average Bonchev–Trinajstić information content (AvgIpc) is 2.92. The van der Waals surface area contributed by atoms with Gasteiger partial charge in [0.2, 0.25) is 5.95 Å². The Labute approximate surface area is 134 Å². The number of benzene rings is 1. The van der Waals surface area contributed by atoms with Gasteiger partial charge in [-0.05, 0) is 12.5 Å². The lowest BCUT2D eigenvalue weighted by Crippen LogP contribution is -2.49. The van der Waals surface area contributed by atoms with Gasteiger partial charge in [-0.25, -0.2) is 9.66 Å². The first-order valence-corrected chi connectivity index (χ1v) is 7.90. The van der Waals surface area contributed by atoms with E-state index in [0.29, 0.717) is 5.95 Å². The third kappa shape index (κ3) is 2.41. The molecule has 0 atom stereocenters. The van der Waals surface area contributed by atoms with Crippen LogP contribution in [0.2, 0.25) is 0 Å². The van der Waals surface area contributed by atoms with Gasteiger partial charge in [0.05, 0.1) is 11.1 Å². The fourth-order valence-electron chi connectivity index (χ4n) is 3.19. The first kappa shape index (κ1) is 14.0. The molecule has 118 valence electrons. The molecule has 1 saturated heterocycles. The zero-order chi connectivity index (χ0) is 15.8. The molecule has 0 radical (unpaired) electrons. The summed E-state index contributed by atoms with van der Waals surface area (Å²) in [5.74, 6) is 0.311. The molecule has 3 heterocycles. The molecular weight excluding hydrogens is 288 g/mol. The number of piperazine rings is 1. The van der Waals surface area contributed by atoms with Gasteiger partial charge in [0, 0.05) is 37.9 Å². The number of nitrogens with one attached hydrogen (secondary N) is 1. The fraction of sp³-hybridized carbons (Fsp3) is 0.294. The van der Waals surface area contributed by atoms with Crippen LogP contribution in [0.15, 0.2) is 36.5 Å². The fourth-order valence-corrected chi connectivity index (χ4v) is 3.19. The van der Waals surface area contributed by atoms with Crippen LogP contribution in [0.5, 0.6) is 0 Å². The highest BCUT2D eigenvalue weighted by molar-refractivity contribution is 5.94. The van der Waals surface area contributed by atoms with Crippen LogP contribution in [0.4, 0.5) is 5.95 Å². The molecular formula is C17H20N6. The quantitative estimate of drug-likeness (QED) is 0.751. The summed E-state index contributed by atoms with van der Waals surface area (Å²) in [5, 5.41) is 6.75. The number of hydrogen-bond acceptors (Lipinski definition) is 5. The molecule has 0 unspecified atom stereocenters. The van der Waals surface area contributed by atoms with Gasteiger partial charge in [0.1, 0.15) is 0 Å². The Bertz CT molecular complexity index is 833. The minimum absolute atomic E-state index is 0.311. The molecule has 0 saturated carbocycles. The van der Waals surface area contributed by atoms with E-state index in [1.165, 1.54) is 0 Å². The van der Waals surface area contributed by atoms with E-state index in [1.54, 1.807) is 0 Å². The highest BCUT2D eigenvalue weighted by atomic mass is 15.6. The Morgan fingerprint density at radius 3 is 2.57 bits per heavy atom. The Morgan fingerprint density at radius 2 is 1.83 bits per heavy atom. The molecule has 1 fully saturated rings. The van der Waals surface area contributed by atoms with Crippen molar-refractivity contribution in [3.05, 3.63) is 42.1 Å². The van der Waals surface area contributed by atoms with Crippen molar-refractivity contribution in [1.29, 1.82) is 0 Å². The molecule has 3 aromatic rings. The lowest BCUT2D eigenvalue weighted by Gasteiger charge is -2.30. The van der Waals surface area contributed by atoms with E-state index in [0.717, 1.165) is 54.0 Å². The van der Waals surface area contributed by atoms with Gasteiger partial charge in [-0.2, -0.15) is 4.98 Å². The second-order valence-electron chi connectivity index (χ2n) is 5.86. The normalized spacial score (nSPS) is 15.3. The minimum atomic E-state index is 0.311. The molecule has 1 aliphatic rings. The summed E-state index contributed by atoms with van der Waals surface area (Å²) < 4.78 is 2.13. The van der Waals surface area contributed by atoms with E-state index in [2.05, 4.69) is 50.2 Å². The molecule has 1 aromatic carbocycles. The number of hydrogen-bond donors (Lipinski definition) is 2. The summed E-state index contributed by atoms with van der Waals surface area (Å²) in [6.07, 6.45) is 2.14. The van der Waals surface area contributed by atoms with Crippen molar-refractivity contribution in [1.82, 2.24) is 20.0 Å². The second kappa shape index (κ2) is 5.55. The van der Waals surface area contributed by atoms with Gasteiger partial charge >= 0.3 is 0 Å². The lowest BCUT2D eigenvalue weighted by atomic mass is 10.1. The lowest BCUT2D eigenvalue weighted by molar-refractivity contribution is 0.498. The van der Waals surface area contributed by atoms with Gasteiger partial charge < -0.3 is 16.1 Å². The summed E-state index contributed by atoms with van der Waals surface area (Å²) in [6, 6.07) is 10.2. The van der Waals surface area contributed by atoms with Crippen molar-refractivity contribution in [2.45, 2.75) is 6.92 Å². The van der Waals surface area contributed by atoms with Crippen LogP contribution in [0.3, 0.4) is 0 Å². The Balaban J connectivity index is 1.94. The number of fused-ring (bicyclic) bond motifs is 1. The van der Waals surface area contributed by atoms with E-state index in [1.807, 2.05) is 18.2 Å². The first-order chi connectivity index (χ1) is 11.2. The summed E-state index contributed by atoms with van der Waals surface area (Å²) in [7, 11) is 0. The Hall–Kier alpha value is -2.60. The van der Waals surface area contributed by atoms with Crippen molar-refractivity contribution < 1.29 is 0 Å². The Kier molecular flexibility index (Phi) is 3.38. The summed E-state index contributed by atoms with van der Waals surface area (Å²) >= 11 is 0. The van der Waals surface area contributed by atoms with Gasteiger partial charge in [-0.15, -0.1) is 0 Å². The topological polar surface area (TPSA) is 72.0 Å². The van der Waals surface area contributed by atoms with Crippen LogP contribution in [0, 0.1) is 6.92 Å². The molecule has 4 rings (SSSR count). The number of anilines is 1. The number of aryl methyl sites for hydroxylation is 1. The van der Waals surface area contributed by atoms with E-state index in [4.69, 9.17) is 5.73 Å². The van der Waals surface area contributed by atoms with Crippen LogP contribution in [0.25, 0.3) is 22.3 Å². The molecule has 2 aromatic heterocycles. The summed E-state index contributed by atoms with van der Waals surface area (Å²) in [4.78, 5) is 9.04. The number of nitrogens with two attached hydrogens (primary N) is 1. The van der Waals surface area contributed by atoms with Gasteiger partial charge in [-0.1, -0.05) is 30.3 Å². The van der Waals surface area contributed by atoms with Crippen molar-refractivity contribution in [3.8, 4) is 11.3 Å². The zero-order valence-corrected chi connectivity index (χ0v) is 13.2. The third-order valence-corrected chi connectivity index (χ3v) is 4.28. The van der Waals surface area contributed by atoms with Gasteiger partial charge in [0.15, 0.2) is 5.65 Å². The smallest absolute Gasteiger partial charge is 0.222 e. The SMILES string of the molecule is Cc1cn(N2CCNCC2)c2nc(N)nc(-c3ccccc3)c12. The standard InChI is InChI=1S/C17H20N6/c1-12-11-23(22-9-7-19-8-10-22)16-14(12)15(20-17(18)21-16)13-5-3-2-4-6-13/h2-6,11,19H,7-10H2,1H3,(H2,18,20,21). The zero-order valence-electron chi connectivity index (χ0n) is 13.2. The van der Waals surface area contributed by atoms with Crippen molar-refractivity contribution in [2.24, 2.45) is 0 Å². The summed E-state index contributed by atoms with van der Waals surface area (Å²) in [5.41, 5.74) is 10.0. The predicted octanol–water partition coefficient (Wildman–Crippen LogP) is 1.53. The van der Waals surface area contributed by atoms with Crippen molar-refractivity contribution >= 4 is 17.0 Å². The number of nitrogen functional groups attached to an aromatic ring is 1. The van der Waals surface area contributed by atoms with Gasteiger partial charge in [0.25, 0.3) is 0 Å². The molecule has 0 bridgehead atoms. The van der Waals surface area contributed by atoms with Crippen LogP contribution in [-0.4, -0.2) is 40.8 Å². The second-order valence-corrected chi connectivity index (χ2v) is 5.86. The molecule has 6 nitrogen and oxygen atoms in total. The van der Waals surface area contributed by atoms with E-state index < -0.39 is 0 Å². The highest BCUT2D eigenvalue weighted by Crippen LogP contribution is 2.30. The van der Waals surface area contributed by atoms with Crippen LogP contribution in [-0.2, 0) is 0 Å². The minimum Gasteiger partial charge on any atom is -0.368 e. The highest BCUT2D eigenvalue weighted by Gasteiger charge is 2.19. The van der Waals surface area contributed by atoms with Crippen molar-refractivity contribution in [2.75, 3.05) is 36.9 Å². The van der Waals surface area contributed by atoms with E-state index in [-0.39, 0.29) is 0 Å². The molecule has 6 heteroatoms. The van der Waals surface area contributed by atoms with E-state index >= 15 is 0 Å². The van der Waals surface area contributed by atoms with E-state index in [9.17, 15) is 0 Å². The molecule has 3 N–H and O–H groups in total. The Morgan fingerprint density at radius 1 is 1.09 bits per heavy atom. The number of aromatic nitrogens is 3. The monoisotopic (exact) mass is 308 g/mol. The molecule has 0 amide bonds. The number of nitrogens with zero attached hydrogens (tertiary/aromatic N) is 4. The predicted molar refractivity (Wildman–Crippen MR) is 92.9 cm³/mol. The maximum absolute atomic E-state index is 6.00. The van der Waals surface area contributed by atoms with Gasteiger partial charge in [-0.3, -0.25) is 0 Å². The maximum atomic E-state index is 6.00. The molecule has 0 aliphatic carbocycles. The first-order valence-electron chi connectivity index (χ1n) is 7.90. The molecule has 23 heavy (non-hydrogen) atoms. The molecule has 0 spiro atoms. The van der Waals surface area contributed by atoms with Crippen LogP contribution >= 0.6 is 0 Å². The van der Waals surface area contributed by atoms with Crippen molar-refractivity contribution in [3.63, 3.8) is 0 Å². The third-order valence-electron chi connectivity index (χ3n) is 4.28. The van der Waals surface area contributed by atoms with Crippen LogP contribution < -0.4 is 16.1 Å². The molecule has 1 aliphatic heterocycles. The average molecular weight is 308 g/mol. The van der Waals surface area contributed by atoms with Crippen LogP contribution in [0.1, 0.15) is 5.56 Å².